The third kappa shape index (κ3) is 4.69. The summed E-state index contributed by atoms with van der Waals surface area (Å²) < 4.78 is 26.2. The van der Waals surface area contributed by atoms with Gasteiger partial charge >= 0.3 is 0 Å². The molecule has 0 aliphatic carbocycles. The first-order chi connectivity index (χ1) is 13.0. The first kappa shape index (κ1) is 18.1. The van der Waals surface area contributed by atoms with Gasteiger partial charge in [-0.05, 0) is 36.4 Å². The number of hydrogen-bond acceptors (Lipinski definition) is 4. The average molecular weight is 368 g/mol. The molecule has 0 saturated carbocycles. The van der Waals surface area contributed by atoms with E-state index in [1.807, 2.05) is 0 Å². The lowest BCUT2D eigenvalue weighted by atomic mass is 10.2. The second-order valence-corrected chi connectivity index (χ2v) is 5.49. The number of carbonyl (C=O) groups excluding carboxylic acids is 2. The van der Waals surface area contributed by atoms with Crippen molar-refractivity contribution >= 4 is 17.5 Å². The summed E-state index contributed by atoms with van der Waals surface area (Å²) >= 11 is 0. The van der Waals surface area contributed by atoms with E-state index in [0.29, 0.717) is 5.69 Å². The molecule has 0 aliphatic rings. The van der Waals surface area contributed by atoms with Gasteiger partial charge in [-0.15, -0.1) is 0 Å². The van der Waals surface area contributed by atoms with E-state index in [2.05, 4.69) is 20.6 Å². The third-order valence-corrected chi connectivity index (χ3v) is 3.55. The predicted molar refractivity (Wildman–Crippen MR) is 94.0 cm³/mol. The fraction of sp³-hybridized carbons (Fsp3) is 0.0526. The molecule has 1 aromatic carbocycles. The van der Waals surface area contributed by atoms with Crippen LogP contribution < -0.4 is 10.6 Å². The van der Waals surface area contributed by atoms with Crippen molar-refractivity contribution in [2.75, 3.05) is 5.32 Å². The highest BCUT2D eigenvalue weighted by Crippen LogP contribution is 2.14. The van der Waals surface area contributed by atoms with Gasteiger partial charge in [0.1, 0.15) is 11.4 Å². The molecule has 136 valence electrons. The number of carbonyl (C=O) groups is 2. The van der Waals surface area contributed by atoms with Gasteiger partial charge in [0.2, 0.25) is 0 Å². The molecule has 0 radical (unpaired) electrons. The summed E-state index contributed by atoms with van der Waals surface area (Å²) in [4.78, 5) is 32.5. The van der Waals surface area contributed by atoms with Crippen LogP contribution >= 0.6 is 0 Å². The van der Waals surface area contributed by atoms with Crippen molar-refractivity contribution in [2.24, 2.45) is 0 Å². The number of nitrogens with zero attached hydrogens (tertiary/aromatic N) is 2. The standard InChI is InChI=1S/C19H14F2N4O2/c20-14-8-7-12(10-15(14)21)24-19(27)17-6-3-5-16(25-17)18(26)23-11-13-4-1-2-9-22-13/h1-10H,11H2,(H,23,26)(H,24,27). The van der Waals surface area contributed by atoms with E-state index in [4.69, 9.17) is 0 Å². The Kier molecular flexibility index (Phi) is 5.46. The monoisotopic (exact) mass is 368 g/mol. The van der Waals surface area contributed by atoms with Crippen molar-refractivity contribution < 1.29 is 18.4 Å². The van der Waals surface area contributed by atoms with Gasteiger partial charge in [-0.25, -0.2) is 13.8 Å². The van der Waals surface area contributed by atoms with Crippen molar-refractivity contribution in [3.63, 3.8) is 0 Å². The maximum Gasteiger partial charge on any atom is 0.274 e. The van der Waals surface area contributed by atoms with Crippen LogP contribution in [0.25, 0.3) is 0 Å². The molecule has 0 fully saturated rings. The Morgan fingerprint density at radius 3 is 2.37 bits per heavy atom. The quantitative estimate of drug-likeness (QED) is 0.725. The van der Waals surface area contributed by atoms with Crippen molar-refractivity contribution in [1.29, 1.82) is 0 Å². The number of halogens is 2. The highest BCUT2D eigenvalue weighted by molar-refractivity contribution is 6.03. The van der Waals surface area contributed by atoms with Crippen LogP contribution in [0.1, 0.15) is 26.7 Å². The fourth-order valence-electron chi connectivity index (χ4n) is 2.22. The van der Waals surface area contributed by atoms with Gasteiger partial charge < -0.3 is 10.6 Å². The number of rotatable bonds is 5. The molecule has 0 spiro atoms. The van der Waals surface area contributed by atoms with Gasteiger partial charge in [0.15, 0.2) is 11.6 Å². The number of pyridine rings is 2. The second-order valence-electron chi connectivity index (χ2n) is 5.49. The van der Waals surface area contributed by atoms with Gasteiger partial charge in [0, 0.05) is 18.0 Å². The molecular weight excluding hydrogens is 354 g/mol. The summed E-state index contributed by atoms with van der Waals surface area (Å²) in [6, 6.07) is 12.7. The smallest absolute Gasteiger partial charge is 0.274 e. The van der Waals surface area contributed by atoms with E-state index >= 15 is 0 Å². The molecule has 0 bridgehead atoms. The van der Waals surface area contributed by atoms with Crippen LogP contribution in [0, 0.1) is 11.6 Å². The zero-order chi connectivity index (χ0) is 19.2. The molecule has 0 unspecified atom stereocenters. The summed E-state index contributed by atoms with van der Waals surface area (Å²) in [6.07, 6.45) is 1.61. The van der Waals surface area contributed by atoms with Gasteiger partial charge in [0.25, 0.3) is 11.8 Å². The zero-order valence-corrected chi connectivity index (χ0v) is 13.9. The number of aromatic nitrogens is 2. The minimum atomic E-state index is -1.08. The lowest BCUT2D eigenvalue weighted by molar-refractivity contribution is 0.0945. The number of amides is 2. The Morgan fingerprint density at radius 2 is 1.67 bits per heavy atom. The van der Waals surface area contributed by atoms with Crippen molar-refractivity contribution in [1.82, 2.24) is 15.3 Å². The van der Waals surface area contributed by atoms with E-state index in [1.165, 1.54) is 24.3 Å². The summed E-state index contributed by atoms with van der Waals surface area (Å²) in [6.45, 7) is 0.215. The maximum atomic E-state index is 13.2. The topological polar surface area (TPSA) is 84.0 Å². The van der Waals surface area contributed by atoms with Crippen LogP contribution in [-0.4, -0.2) is 21.8 Å². The van der Waals surface area contributed by atoms with Gasteiger partial charge in [0.05, 0.1) is 12.2 Å². The van der Waals surface area contributed by atoms with Crippen molar-refractivity contribution in [3.05, 3.63) is 89.5 Å². The first-order valence-electron chi connectivity index (χ1n) is 7.94. The second kappa shape index (κ2) is 8.13. The SMILES string of the molecule is O=C(NCc1ccccn1)c1cccc(C(=O)Nc2ccc(F)c(F)c2)n1. The zero-order valence-electron chi connectivity index (χ0n) is 13.9. The summed E-state index contributed by atoms with van der Waals surface area (Å²) in [7, 11) is 0. The predicted octanol–water partition coefficient (Wildman–Crippen LogP) is 2.94. The minimum absolute atomic E-state index is 0.0368. The van der Waals surface area contributed by atoms with Crippen LogP contribution in [0.3, 0.4) is 0 Å². The Bertz CT molecular complexity index is 980. The lowest BCUT2D eigenvalue weighted by Crippen LogP contribution is -2.25. The Hall–Kier alpha value is -3.68. The number of benzene rings is 1. The summed E-state index contributed by atoms with van der Waals surface area (Å²) in [5, 5.41) is 5.06. The molecule has 2 N–H and O–H groups in total. The molecule has 3 aromatic rings. The number of hydrogen-bond donors (Lipinski definition) is 2. The molecule has 2 heterocycles. The molecule has 27 heavy (non-hydrogen) atoms. The van der Waals surface area contributed by atoms with Gasteiger partial charge in [-0.3, -0.25) is 14.6 Å². The van der Waals surface area contributed by atoms with Gasteiger partial charge in [-0.1, -0.05) is 12.1 Å². The van der Waals surface area contributed by atoms with Crippen molar-refractivity contribution in [2.45, 2.75) is 6.54 Å². The highest BCUT2D eigenvalue weighted by atomic mass is 19.2. The first-order valence-corrected chi connectivity index (χ1v) is 7.94. The summed E-state index contributed by atoms with van der Waals surface area (Å²) in [5.41, 5.74) is 0.762. The Balaban J connectivity index is 1.67. The number of nitrogens with one attached hydrogen (secondary N) is 2. The maximum absolute atomic E-state index is 13.2. The van der Waals surface area contributed by atoms with Crippen LogP contribution in [0.5, 0.6) is 0 Å². The molecule has 0 saturated heterocycles. The highest BCUT2D eigenvalue weighted by Gasteiger charge is 2.13. The third-order valence-electron chi connectivity index (χ3n) is 3.55. The normalized spacial score (nSPS) is 10.3. The van der Waals surface area contributed by atoms with Crippen LogP contribution in [-0.2, 0) is 6.54 Å². The van der Waals surface area contributed by atoms with Crippen LogP contribution in [0.4, 0.5) is 14.5 Å². The molecular formula is C19H14F2N4O2. The van der Waals surface area contributed by atoms with Crippen molar-refractivity contribution in [3.8, 4) is 0 Å². The van der Waals surface area contributed by atoms with E-state index in [1.54, 1.807) is 24.4 Å². The minimum Gasteiger partial charge on any atom is -0.345 e. The van der Waals surface area contributed by atoms with E-state index in [9.17, 15) is 18.4 Å². The molecule has 6 nitrogen and oxygen atoms in total. The fourth-order valence-corrected chi connectivity index (χ4v) is 2.22. The van der Waals surface area contributed by atoms with Crippen LogP contribution in [0.2, 0.25) is 0 Å². The molecule has 0 atom stereocenters. The molecule has 0 aliphatic heterocycles. The van der Waals surface area contributed by atoms with Crippen LogP contribution in [0.15, 0.2) is 60.8 Å². The van der Waals surface area contributed by atoms with E-state index in [-0.39, 0.29) is 23.6 Å². The average Bonchev–Trinajstić information content (AvgIpc) is 2.70. The lowest BCUT2D eigenvalue weighted by Gasteiger charge is -2.07. The largest absolute Gasteiger partial charge is 0.345 e. The Morgan fingerprint density at radius 1 is 0.889 bits per heavy atom. The van der Waals surface area contributed by atoms with E-state index < -0.39 is 23.4 Å². The van der Waals surface area contributed by atoms with E-state index in [0.717, 1.165) is 12.1 Å². The molecule has 3 rings (SSSR count). The molecule has 8 heteroatoms. The number of anilines is 1. The summed E-state index contributed by atoms with van der Waals surface area (Å²) in [5.74, 6) is -3.22. The molecule has 2 aromatic heterocycles. The molecule has 2 amide bonds. The van der Waals surface area contributed by atoms with Gasteiger partial charge in [-0.2, -0.15) is 0 Å². The Labute approximate surface area is 153 Å².